The predicted molar refractivity (Wildman–Crippen MR) is 86.0 cm³/mol. The molecule has 3 rings (SSSR count). The number of benzene rings is 1. The highest BCUT2D eigenvalue weighted by atomic mass is 35.5. The topological polar surface area (TPSA) is 29.3 Å². The summed E-state index contributed by atoms with van der Waals surface area (Å²) in [7, 11) is 1.40. The van der Waals surface area contributed by atoms with Crippen molar-refractivity contribution in [2.45, 2.75) is 12.5 Å². The van der Waals surface area contributed by atoms with Crippen LogP contribution in [0.2, 0.25) is 5.02 Å². The first-order valence-electron chi connectivity index (χ1n) is 6.62. The largest absolute Gasteiger partial charge is 0.464 e. The monoisotopic (exact) mass is 319 g/mol. The second-order valence-corrected chi connectivity index (χ2v) is 6.15. The smallest absolute Gasteiger partial charge is 0.380 e. The van der Waals surface area contributed by atoms with E-state index in [2.05, 4.69) is 5.02 Å². The SMILES string of the molecule is COC(=O)[C@H](c1ccccc1Cl)[N+]1=CC2=C(CC1)[S+]=C=C2. The minimum atomic E-state index is -0.517. The van der Waals surface area contributed by atoms with Crippen LogP contribution < -0.4 is 0 Å². The molecular formula is C16H14ClNO2S+2. The summed E-state index contributed by atoms with van der Waals surface area (Å²) in [6, 6.07) is 6.88. The van der Waals surface area contributed by atoms with Gasteiger partial charge >= 0.3 is 5.97 Å². The highest BCUT2D eigenvalue weighted by molar-refractivity contribution is 7.81. The van der Waals surface area contributed by atoms with Gasteiger partial charge in [0, 0.05) is 5.56 Å². The maximum atomic E-state index is 12.3. The molecular weight excluding hydrogens is 306 g/mol. The van der Waals surface area contributed by atoms with E-state index in [4.69, 9.17) is 16.3 Å². The van der Waals surface area contributed by atoms with Gasteiger partial charge in [-0.15, -0.1) is 0 Å². The Hall–Kier alpha value is -1.74. The van der Waals surface area contributed by atoms with Gasteiger partial charge in [-0.2, -0.15) is 0 Å². The first-order valence-corrected chi connectivity index (χ1v) is 7.82. The number of hydrogen-bond donors (Lipinski definition) is 0. The lowest BCUT2D eigenvalue weighted by Crippen LogP contribution is -2.31. The van der Waals surface area contributed by atoms with Crippen molar-refractivity contribution in [3.8, 4) is 0 Å². The van der Waals surface area contributed by atoms with Crippen LogP contribution in [0.1, 0.15) is 18.0 Å². The Bertz CT molecular complexity index is 730. The van der Waals surface area contributed by atoms with Gasteiger partial charge in [-0.3, -0.25) is 0 Å². The maximum absolute atomic E-state index is 12.3. The van der Waals surface area contributed by atoms with Gasteiger partial charge in [0.15, 0.2) is 17.8 Å². The van der Waals surface area contributed by atoms with Gasteiger partial charge < -0.3 is 4.74 Å². The van der Waals surface area contributed by atoms with Gasteiger partial charge in [-0.05, 0) is 6.07 Å². The van der Waals surface area contributed by atoms with E-state index in [-0.39, 0.29) is 5.97 Å². The molecule has 2 heterocycles. The van der Waals surface area contributed by atoms with Crippen molar-refractivity contribution in [1.29, 1.82) is 0 Å². The van der Waals surface area contributed by atoms with Crippen molar-refractivity contribution in [3.05, 3.63) is 51.4 Å². The van der Waals surface area contributed by atoms with Crippen molar-refractivity contribution in [2.75, 3.05) is 13.7 Å². The summed E-state index contributed by atoms with van der Waals surface area (Å²) < 4.78 is 6.98. The molecule has 0 amide bonds. The second kappa shape index (κ2) is 5.94. The van der Waals surface area contributed by atoms with E-state index < -0.39 is 6.04 Å². The molecule has 2 aliphatic heterocycles. The number of ether oxygens (including phenoxy) is 1. The van der Waals surface area contributed by atoms with Crippen LogP contribution in [0, 0.1) is 0 Å². The third-order valence-corrected chi connectivity index (χ3v) is 4.84. The van der Waals surface area contributed by atoms with E-state index in [1.165, 1.54) is 12.0 Å². The van der Waals surface area contributed by atoms with Crippen molar-refractivity contribution in [1.82, 2.24) is 0 Å². The van der Waals surface area contributed by atoms with Gasteiger partial charge in [-0.25, -0.2) is 9.37 Å². The van der Waals surface area contributed by atoms with Gasteiger partial charge in [0.2, 0.25) is 4.91 Å². The van der Waals surface area contributed by atoms with Crippen molar-refractivity contribution >= 4 is 40.2 Å². The summed E-state index contributed by atoms with van der Waals surface area (Å²) in [5, 5.41) is 3.71. The lowest BCUT2D eigenvalue weighted by molar-refractivity contribution is -0.556. The fourth-order valence-corrected chi connectivity index (χ4v) is 3.53. The van der Waals surface area contributed by atoms with Crippen LogP contribution in [0.25, 0.3) is 0 Å². The predicted octanol–water partition coefficient (Wildman–Crippen LogP) is 2.35. The number of allylic oxidation sites excluding steroid dienone is 2. The average Bonchev–Trinajstić information content (AvgIpc) is 2.97. The Balaban J connectivity index is 2.04. The first-order chi connectivity index (χ1) is 10.2. The quantitative estimate of drug-likeness (QED) is 0.370. The Labute approximate surface area is 132 Å². The number of carbonyl (C=O) groups is 1. The summed E-state index contributed by atoms with van der Waals surface area (Å²) >= 11 is 7.89. The normalized spacial score (nSPS) is 17.5. The summed E-state index contributed by atoms with van der Waals surface area (Å²) in [5.74, 6) is -0.304. The molecule has 106 valence electrons. The molecule has 0 aliphatic carbocycles. The van der Waals surface area contributed by atoms with E-state index in [9.17, 15) is 4.79 Å². The van der Waals surface area contributed by atoms with E-state index >= 15 is 0 Å². The third-order valence-electron chi connectivity index (χ3n) is 3.58. The summed E-state index contributed by atoms with van der Waals surface area (Å²) in [6.45, 7) is 0.756. The van der Waals surface area contributed by atoms with Crippen LogP contribution in [0.4, 0.5) is 0 Å². The highest BCUT2D eigenvalue weighted by Gasteiger charge is 2.38. The van der Waals surface area contributed by atoms with Crippen LogP contribution in [-0.4, -0.2) is 35.4 Å². The minimum Gasteiger partial charge on any atom is -0.464 e. The number of methoxy groups -OCH3 is 1. The Morgan fingerprint density at radius 3 is 3.05 bits per heavy atom. The standard InChI is InChI=1S/C16H14ClNO2S/c1-20-16(19)15(12-4-2-3-5-13(12)17)18-8-6-14-11(10-18)7-9-21-14/h2-5,7,10,15H,6,8H2,1H3/q+2/t15-/m0/s1. The van der Waals surface area contributed by atoms with Gasteiger partial charge in [0.25, 0.3) is 17.4 Å². The molecule has 5 heteroatoms. The van der Waals surface area contributed by atoms with E-state index in [1.54, 1.807) is 17.4 Å². The third kappa shape index (κ3) is 2.70. The Morgan fingerprint density at radius 2 is 2.29 bits per heavy atom. The van der Waals surface area contributed by atoms with Gasteiger partial charge in [-0.1, -0.05) is 29.8 Å². The fourth-order valence-electron chi connectivity index (χ4n) is 2.54. The zero-order valence-corrected chi connectivity index (χ0v) is 13.1. The molecule has 3 nitrogen and oxygen atoms in total. The van der Waals surface area contributed by atoms with E-state index in [0.717, 1.165) is 24.1 Å². The van der Waals surface area contributed by atoms with Crippen molar-refractivity contribution < 1.29 is 14.1 Å². The molecule has 0 unspecified atom stereocenters. The lowest BCUT2D eigenvalue weighted by atomic mass is 10.0. The molecule has 0 saturated heterocycles. The second-order valence-electron chi connectivity index (χ2n) is 4.81. The maximum Gasteiger partial charge on any atom is 0.380 e. The van der Waals surface area contributed by atoms with Crippen molar-refractivity contribution in [3.63, 3.8) is 0 Å². The minimum absolute atomic E-state index is 0.304. The van der Waals surface area contributed by atoms with Crippen molar-refractivity contribution in [2.24, 2.45) is 0 Å². The number of esters is 1. The molecule has 21 heavy (non-hydrogen) atoms. The first kappa shape index (κ1) is 14.2. The zero-order valence-electron chi connectivity index (χ0n) is 11.5. The number of nitrogens with zero attached hydrogens (tertiary/aromatic N) is 1. The molecule has 0 radical (unpaired) electrons. The van der Waals surface area contributed by atoms with Crippen LogP contribution >= 0.6 is 11.6 Å². The molecule has 0 spiro atoms. The summed E-state index contributed by atoms with van der Waals surface area (Å²) in [4.78, 5) is 13.6. The molecule has 0 fully saturated rings. The number of carbonyl (C=O) groups excluding carboxylic acids is 1. The Morgan fingerprint density at radius 1 is 1.48 bits per heavy atom. The summed E-state index contributed by atoms with van der Waals surface area (Å²) in [5.41, 5.74) is 1.89. The molecule has 1 atom stereocenters. The highest BCUT2D eigenvalue weighted by Crippen LogP contribution is 2.28. The van der Waals surface area contributed by atoms with Crippen LogP contribution in [0.3, 0.4) is 0 Å². The van der Waals surface area contributed by atoms with Gasteiger partial charge in [0.05, 0.1) is 24.6 Å². The van der Waals surface area contributed by atoms with Gasteiger partial charge in [0.1, 0.15) is 5.57 Å². The zero-order chi connectivity index (χ0) is 14.8. The molecule has 0 aromatic heterocycles. The number of rotatable bonds is 3. The molecule has 0 N–H and O–H groups in total. The van der Waals surface area contributed by atoms with Crippen LogP contribution in [0.15, 0.2) is 40.8 Å². The van der Waals surface area contributed by atoms with E-state index in [1.807, 2.05) is 35.1 Å². The van der Waals surface area contributed by atoms with Crippen LogP contribution in [-0.2, 0) is 20.9 Å². The molecule has 1 aromatic rings. The molecule has 0 bridgehead atoms. The Kier molecular flexibility index (Phi) is 4.02. The number of hydrogen-bond acceptors (Lipinski definition) is 2. The molecule has 0 saturated carbocycles. The lowest BCUT2D eigenvalue weighted by Gasteiger charge is -2.16. The van der Waals surface area contributed by atoms with Crippen LogP contribution in [0.5, 0.6) is 0 Å². The molecule has 2 aliphatic rings. The number of halogens is 1. The van der Waals surface area contributed by atoms with E-state index in [0.29, 0.717) is 5.02 Å². The average molecular weight is 320 g/mol. The fraction of sp³-hybridized carbons (Fsp3) is 0.250. The summed E-state index contributed by atoms with van der Waals surface area (Å²) in [6.07, 6.45) is 4.85. The molecule has 1 aromatic carbocycles.